The summed E-state index contributed by atoms with van der Waals surface area (Å²) < 4.78 is 9.61. The fourth-order valence-corrected chi connectivity index (χ4v) is 22.2. The van der Waals surface area contributed by atoms with Crippen molar-refractivity contribution >= 4 is 143 Å². The van der Waals surface area contributed by atoms with E-state index in [0.29, 0.717) is 0 Å². The van der Waals surface area contributed by atoms with E-state index in [1.807, 2.05) is 0 Å². The molecule has 0 unspecified atom stereocenters. The van der Waals surface area contributed by atoms with Crippen LogP contribution < -0.4 is 9.80 Å². The van der Waals surface area contributed by atoms with Crippen molar-refractivity contribution in [1.29, 1.82) is 0 Å². The monoisotopic (exact) mass is 1860 g/mol. The zero-order valence-electron chi connectivity index (χ0n) is 80.0. The molecule has 0 N–H and O–H groups in total. The van der Waals surface area contributed by atoms with E-state index < -0.39 is 0 Å². The molecule has 0 spiro atoms. The second kappa shape index (κ2) is 36.7. The molecule has 0 atom stereocenters. The van der Waals surface area contributed by atoms with Crippen LogP contribution in [0.15, 0.2) is 570 Å². The third kappa shape index (κ3) is 15.7. The van der Waals surface area contributed by atoms with Gasteiger partial charge in [-0.15, -0.1) is 0 Å². The Labute approximate surface area is 846 Å². The highest BCUT2D eigenvalue weighted by Crippen LogP contribution is 2.47. The zero-order chi connectivity index (χ0) is 96.5. The number of fused-ring (bicyclic) bond motifs is 14. The van der Waals surface area contributed by atoms with E-state index in [9.17, 15) is 0 Å². The molecule has 0 aliphatic carbocycles. The van der Waals surface area contributed by atoms with E-state index in [1.165, 1.54) is 209 Å². The number of aromatic nitrogens is 4. The van der Waals surface area contributed by atoms with Crippen LogP contribution in [-0.2, 0) is 0 Å². The molecule has 146 heavy (non-hydrogen) atoms. The number of benzene rings is 24. The van der Waals surface area contributed by atoms with Gasteiger partial charge < -0.3 is 28.1 Å². The molecular formula is C140H94N6. The van der Waals surface area contributed by atoms with Gasteiger partial charge in [0.1, 0.15) is 0 Å². The molecule has 0 saturated carbocycles. The van der Waals surface area contributed by atoms with Gasteiger partial charge in [0.05, 0.1) is 44.1 Å². The highest BCUT2D eigenvalue weighted by molar-refractivity contribution is 6.16. The van der Waals surface area contributed by atoms with E-state index in [4.69, 9.17) is 0 Å². The Balaban J connectivity index is 0.000000145. The minimum atomic E-state index is 1.12. The summed E-state index contributed by atoms with van der Waals surface area (Å²) >= 11 is 0. The summed E-state index contributed by atoms with van der Waals surface area (Å²) in [6.07, 6.45) is 0. The largest absolute Gasteiger partial charge is 0.311 e. The lowest BCUT2D eigenvalue weighted by molar-refractivity contribution is 1.18. The van der Waals surface area contributed by atoms with Gasteiger partial charge in [-0.05, 0) is 317 Å². The van der Waals surface area contributed by atoms with Gasteiger partial charge in [0.2, 0.25) is 0 Å². The zero-order valence-corrected chi connectivity index (χ0v) is 80.0. The maximum atomic E-state index is 2.44. The summed E-state index contributed by atoms with van der Waals surface area (Å²) in [5.41, 5.74) is 40.0. The van der Waals surface area contributed by atoms with Crippen molar-refractivity contribution in [2.24, 2.45) is 0 Å². The second-order valence-electron chi connectivity index (χ2n) is 37.9. The highest BCUT2D eigenvalue weighted by Gasteiger charge is 2.24. The Morgan fingerprint density at radius 3 is 0.541 bits per heavy atom. The van der Waals surface area contributed by atoms with Crippen molar-refractivity contribution in [2.75, 3.05) is 9.80 Å². The van der Waals surface area contributed by atoms with Crippen molar-refractivity contribution in [1.82, 2.24) is 18.3 Å². The highest BCUT2D eigenvalue weighted by atomic mass is 15.1. The fourth-order valence-electron chi connectivity index (χ4n) is 22.2. The number of hydrogen-bond acceptors (Lipinski definition) is 2. The van der Waals surface area contributed by atoms with Gasteiger partial charge in [0, 0.05) is 100.0 Å². The number of para-hydroxylation sites is 8. The third-order valence-electron chi connectivity index (χ3n) is 29.4. The Bertz CT molecular complexity index is 9220. The molecule has 24 aromatic carbocycles. The minimum Gasteiger partial charge on any atom is -0.311 e. The molecule has 4 aromatic heterocycles. The van der Waals surface area contributed by atoms with E-state index in [-0.39, 0.29) is 0 Å². The molecule has 6 nitrogen and oxygen atoms in total. The molecule has 0 bridgehead atoms. The Morgan fingerprint density at radius 1 is 0.103 bits per heavy atom. The normalized spacial score (nSPS) is 11.6. The predicted molar refractivity (Wildman–Crippen MR) is 618 cm³/mol. The summed E-state index contributed by atoms with van der Waals surface area (Å²) in [6.45, 7) is 0. The topological polar surface area (TPSA) is 26.2 Å². The van der Waals surface area contributed by atoms with Crippen molar-refractivity contribution in [3.05, 3.63) is 570 Å². The predicted octanol–water partition coefficient (Wildman–Crippen LogP) is 38.3. The summed E-state index contributed by atoms with van der Waals surface area (Å²) in [5.74, 6) is 0. The average molecular weight is 1860 g/mol. The van der Waals surface area contributed by atoms with Crippen LogP contribution in [0.25, 0.3) is 221 Å². The van der Waals surface area contributed by atoms with Gasteiger partial charge in [-0.1, -0.05) is 364 Å². The lowest BCUT2D eigenvalue weighted by Gasteiger charge is -2.25. The average Bonchev–Trinajstić information content (AvgIpc) is 1.59. The minimum absolute atomic E-state index is 1.12. The maximum absolute atomic E-state index is 2.44. The van der Waals surface area contributed by atoms with Crippen LogP contribution >= 0.6 is 0 Å². The molecule has 0 amide bonds. The van der Waals surface area contributed by atoms with Crippen LogP contribution in [0.3, 0.4) is 0 Å². The SMILES string of the molecule is c1ccc(-n2c3ccccc3c3cc(-c4ccc(-c5ccc6c(c5)c5cc(-c7ccc(-c8ccc9c(c8)c8ccccc8n9-c8ccccc8)cc7)ccc5n6-c5ccc6ccccc6c5)cc4)ccc32)cc1.c1ccc(N(c2ccccc2)c2ccc(-c3ccc(-c4ccc5c(c4)c4cc(-c6ccc(-c7ccc(N(c8ccccc8)c8ccccc8)cc7)cc6)ccc4n5-c4ccc5ccccc5c4)cc3)cc2)cc1. The van der Waals surface area contributed by atoms with Gasteiger partial charge in [0.15, 0.2) is 0 Å². The van der Waals surface area contributed by atoms with E-state index >= 15 is 0 Å². The first-order valence-corrected chi connectivity index (χ1v) is 50.1. The molecule has 0 fully saturated rings. The summed E-state index contributed by atoms with van der Waals surface area (Å²) in [6, 6.07) is 208. The van der Waals surface area contributed by atoms with Crippen molar-refractivity contribution in [3.63, 3.8) is 0 Å². The first-order valence-electron chi connectivity index (χ1n) is 50.1. The third-order valence-corrected chi connectivity index (χ3v) is 29.4. The van der Waals surface area contributed by atoms with Crippen LogP contribution in [0.5, 0.6) is 0 Å². The molecule has 6 heteroatoms. The number of hydrogen-bond donors (Lipinski definition) is 0. The van der Waals surface area contributed by atoms with Gasteiger partial charge in [-0.25, -0.2) is 0 Å². The van der Waals surface area contributed by atoms with Crippen molar-refractivity contribution in [3.8, 4) is 112 Å². The fraction of sp³-hybridized carbons (Fsp3) is 0. The molecule has 0 radical (unpaired) electrons. The molecule has 684 valence electrons. The Morgan fingerprint density at radius 2 is 0.281 bits per heavy atom. The summed E-state index contributed by atoms with van der Waals surface area (Å²) in [7, 11) is 0. The molecular weight excluding hydrogens is 1770 g/mol. The number of rotatable bonds is 18. The standard InChI is InChI=1S/C70H45N3.C70H49N3/c1-3-15-56(16-4-1)71-65-21-11-9-19-59(65)61-42-52(32-37-67(61)71)47-23-27-49(28-24-47)54-34-39-69-63(44-54)64-45-55(35-40-70(64)73(69)58-36-31-46-13-7-8-14-51(46)41-58)50-29-25-48(26-30-50)53-33-38-68-62(43-53)60-20-10-12-22-66(60)72(68)57-17-5-2-6-18-57;1-5-17-60(18-6-1)71(61-19-7-2-8-20-61)64-40-33-53(34-41-64)51-25-29-55(30-26-51)58-38-45-69-67(48-58)68-49-59(39-46-70(68)73(69)66-44-37-50-15-13-14-16-57(50)47-66)56-31-27-52(28-32-56)54-35-42-65(43-36-54)72(62-21-9-3-10-22-62)63-23-11-4-12-24-63/h1-45H;1-49H. The van der Waals surface area contributed by atoms with Crippen LogP contribution in [0.2, 0.25) is 0 Å². The number of anilines is 6. The van der Waals surface area contributed by atoms with Crippen LogP contribution in [0.4, 0.5) is 34.1 Å². The molecule has 28 aromatic rings. The summed E-state index contributed by atoms with van der Waals surface area (Å²) in [5, 5.41) is 14.9. The van der Waals surface area contributed by atoms with Crippen LogP contribution in [0.1, 0.15) is 0 Å². The van der Waals surface area contributed by atoms with Gasteiger partial charge in [0.25, 0.3) is 0 Å². The van der Waals surface area contributed by atoms with Crippen LogP contribution in [-0.4, -0.2) is 18.3 Å². The molecule has 4 heterocycles. The lowest BCUT2D eigenvalue weighted by Crippen LogP contribution is -2.09. The molecule has 0 aliphatic rings. The summed E-state index contributed by atoms with van der Waals surface area (Å²) in [4.78, 5) is 4.60. The Hall–Kier alpha value is -19.4. The van der Waals surface area contributed by atoms with E-state index in [0.717, 1.165) is 45.5 Å². The quantitative estimate of drug-likeness (QED) is 0.0856. The Kier molecular flexibility index (Phi) is 21.5. The molecule has 0 saturated heterocycles. The van der Waals surface area contributed by atoms with Gasteiger partial charge in [-0.2, -0.15) is 0 Å². The molecule has 0 aliphatic heterocycles. The van der Waals surface area contributed by atoms with Crippen molar-refractivity contribution in [2.45, 2.75) is 0 Å². The smallest absolute Gasteiger partial charge is 0.0541 e. The first kappa shape index (κ1) is 85.8. The maximum Gasteiger partial charge on any atom is 0.0541 e. The second-order valence-corrected chi connectivity index (χ2v) is 37.9. The molecule has 28 rings (SSSR count). The van der Waals surface area contributed by atoms with E-state index in [1.54, 1.807) is 0 Å². The lowest BCUT2D eigenvalue weighted by atomic mass is 9.97. The first-order chi connectivity index (χ1) is 72.4. The van der Waals surface area contributed by atoms with Crippen LogP contribution in [0, 0.1) is 0 Å². The van der Waals surface area contributed by atoms with Gasteiger partial charge in [-0.3, -0.25) is 0 Å². The van der Waals surface area contributed by atoms with Gasteiger partial charge >= 0.3 is 0 Å². The number of nitrogens with zero attached hydrogens (tertiary/aromatic N) is 6. The van der Waals surface area contributed by atoms with Crippen molar-refractivity contribution < 1.29 is 0 Å². The van der Waals surface area contributed by atoms with E-state index in [2.05, 4.69) is 598 Å².